The van der Waals surface area contributed by atoms with E-state index in [4.69, 9.17) is 14.6 Å². The number of benzene rings is 1. The molecular formula is C13H21NO5S. The maximum Gasteiger partial charge on any atom is 0.243 e. The Bertz CT molecular complexity index is 486. The van der Waals surface area contributed by atoms with Gasteiger partial charge in [0.05, 0.1) is 24.7 Å². The van der Waals surface area contributed by atoms with Gasteiger partial charge in [0.1, 0.15) is 5.75 Å². The standard InChI is InChI=1S/C13H21NO5S/c1-3-19-12-4-6-13(7-5-12)20(16,17)14(8-10-15)9-11-18-2/h4-7,15H,3,8-11H2,1-2H3. The van der Waals surface area contributed by atoms with Gasteiger partial charge in [0.15, 0.2) is 0 Å². The summed E-state index contributed by atoms with van der Waals surface area (Å²) >= 11 is 0. The molecule has 0 spiro atoms. The van der Waals surface area contributed by atoms with Crippen molar-refractivity contribution < 1.29 is 23.0 Å². The number of hydrogen-bond acceptors (Lipinski definition) is 5. The zero-order valence-electron chi connectivity index (χ0n) is 11.8. The second-order valence-corrected chi connectivity index (χ2v) is 5.96. The van der Waals surface area contributed by atoms with Crippen LogP contribution in [0.15, 0.2) is 29.2 Å². The summed E-state index contributed by atoms with van der Waals surface area (Å²) < 4.78 is 36.2. The van der Waals surface area contributed by atoms with Gasteiger partial charge < -0.3 is 14.6 Å². The van der Waals surface area contributed by atoms with E-state index in [9.17, 15) is 8.42 Å². The highest BCUT2D eigenvalue weighted by Gasteiger charge is 2.23. The van der Waals surface area contributed by atoms with Crippen molar-refractivity contribution in [3.05, 3.63) is 24.3 Å². The largest absolute Gasteiger partial charge is 0.494 e. The molecule has 0 saturated heterocycles. The van der Waals surface area contributed by atoms with Gasteiger partial charge in [0.2, 0.25) is 10.0 Å². The SMILES string of the molecule is CCOc1ccc(S(=O)(=O)N(CCO)CCOC)cc1. The maximum atomic E-state index is 12.4. The molecule has 1 aromatic rings. The number of aliphatic hydroxyl groups is 1. The molecule has 7 heteroatoms. The summed E-state index contributed by atoms with van der Waals surface area (Å²) in [6.07, 6.45) is 0. The molecule has 0 heterocycles. The summed E-state index contributed by atoms with van der Waals surface area (Å²) in [6, 6.07) is 6.22. The second-order valence-electron chi connectivity index (χ2n) is 4.02. The monoisotopic (exact) mass is 303 g/mol. The van der Waals surface area contributed by atoms with E-state index in [-0.39, 0.29) is 31.2 Å². The van der Waals surface area contributed by atoms with Gasteiger partial charge in [-0.1, -0.05) is 0 Å². The molecule has 0 bridgehead atoms. The fraction of sp³-hybridized carbons (Fsp3) is 0.538. The lowest BCUT2D eigenvalue weighted by atomic mass is 10.3. The number of sulfonamides is 1. The van der Waals surface area contributed by atoms with Crippen LogP contribution in [-0.4, -0.2) is 57.8 Å². The Morgan fingerprint density at radius 2 is 1.85 bits per heavy atom. The van der Waals surface area contributed by atoms with E-state index in [2.05, 4.69) is 0 Å². The molecule has 0 radical (unpaired) electrons. The van der Waals surface area contributed by atoms with Crippen molar-refractivity contribution in [1.82, 2.24) is 4.31 Å². The van der Waals surface area contributed by atoms with Crippen molar-refractivity contribution >= 4 is 10.0 Å². The van der Waals surface area contributed by atoms with Gasteiger partial charge >= 0.3 is 0 Å². The van der Waals surface area contributed by atoms with E-state index in [1.165, 1.54) is 23.5 Å². The molecule has 0 aliphatic heterocycles. The first-order chi connectivity index (χ1) is 9.56. The molecule has 1 rings (SSSR count). The van der Waals surface area contributed by atoms with E-state index >= 15 is 0 Å². The number of rotatable bonds is 9. The summed E-state index contributed by atoms with van der Waals surface area (Å²) in [5.74, 6) is 0.622. The number of aliphatic hydroxyl groups excluding tert-OH is 1. The normalized spacial score (nSPS) is 11.8. The van der Waals surface area contributed by atoms with E-state index in [0.717, 1.165) is 0 Å². The third kappa shape index (κ3) is 4.45. The average molecular weight is 303 g/mol. The fourth-order valence-corrected chi connectivity index (χ4v) is 3.10. The minimum atomic E-state index is -3.63. The van der Waals surface area contributed by atoms with Crippen molar-refractivity contribution in [2.45, 2.75) is 11.8 Å². The third-order valence-corrected chi connectivity index (χ3v) is 4.58. The molecule has 0 amide bonds. The van der Waals surface area contributed by atoms with E-state index in [0.29, 0.717) is 12.4 Å². The predicted octanol–water partition coefficient (Wildman–Crippen LogP) is 0.715. The van der Waals surface area contributed by atoms with E-state index in [1.807, 2.05) is 6.92 Å². The third-order valence-electron chi connectivity index (χ3n) is 2.67. The molecular weight excluding hydrogens is 282 g/mol. The Morgan fingerprint density at radius 1 is 1.20 bits per heavy atom. The summed E-state index contributed by atoms with van der Waals surface area (Å²) in [4.78, 5) is 0.172. The minimum Gasteiger partial charge on any atom is -0.494 e. The Balaban J connectivity index is 2.93. The van der Waals surface area contributed by atoms with E-state index in [1.54, 1.807) is 12.1 Å². The lowest BCUT2D eigenvalue weighted by Crippen LogP contribution is -2.36. The number of methoxy groups -OCH3 is 1. The lowest BCUT2D eigenvalue weighted by molar-refractivity contribution is 0.168. The highest BCUT2D eigenvalue weighted by atomic mass is 32.2. The van der Waals surface area contributed by atoms with Gasteiger partial charge in [0, 0.05) is 20.2 Å². The summed E-state index contributed by atoms with van der Waals surface area (Å²) in [7, 11) is -2.13. The number of ether oxygens (including phenoxy) is 2. The van der Waals surface area contributed by atoms with Crippen LogP contribution >= 0.6 is 0 Å². The summed E-state index contributed by atoms with van der Waals surface area (Å²) in [5.41, 5.74) is 0. The summed E-state index contributed by atoms with van der Waals surface area (Å²) in [5, 5.41) is 8.99. The van der Waals surface area contributed by atoms with Crippen LogP contribution in [0.2, 0.25) is 0 Å². The van der Waals surface area contributed by atoms with Crippen LogP contribution in [0, 0.1) is 0 Å². The molecule has 1 N–H and O–H groups in total. The average Bonchev–Trinajstić information content (AvgIpc) is 2.44. The Kier molecular flexibility index (Phi) is 6.94. The van der Waals surface area contributed by atoms with Crippen LogP contribution in [-0.2, 0) is 14.8 Å². The Hall–Kier alpha value is -1.15. The molecule has 6 nitrogen and oxygen atoms in total. The molecule has 0 aromatic heterocycles. The smallest absolute Gasteiger partial charge is 0.243 e. The zero-order chi connectivity index (χ0) is 15.0. The molecule has 20 heavy (non-hydrogen) atoms. The first kappa shape index (κ1) is 16.9. The molecule has 0 fully saturated rings. The number of nitrogens with zero attached hydrogens (tertiary/aromatic N) is 1. The van der Waals surface area contributed by atoms with Gasteiger partial charge in [0.25, 0.3) is 0 Å². The second kappa shape index (κ2) is 8.21. The molecule has 0 saturated carbocycles. The van der Waals surface area contributed by atoms with Gasteiger partial charge in [-0.25, -0.2) is 8.42 Å². The molecule has 0 unspecified atom stereocenters. The van der Waals surface area contributed by atoms with Crippen molar-refractivity contribution in [3.8, 4) is 5.75 Å². The lowest BCUT2D eigenvalue weighted by Gasteiger charge is -2.21. The zero-order valence-corrected chi connectivity index (χ0v) is 12.6. The molecule has 0 aliphatic rings. The topological polar surface area (TPSA) is 76.1 Å². The van der Waals surface area contributed by atoms with Gasteiger partial charge in [-0.05, 0) is 31.2 Å². The van der Waals surface area contributed by atoms with Crippen LogP contribution in [0.3, 0.4) is 0 Å². The maximum absolute atomic E-state index is 12.4. The highest BCUT2D eigenvalue weighted by molar-refractivity contribution is 7.89. The molecule has 0 aliphatic carbocycles. The molecule has 114 valence electrons. The molecule has 1 aromatic carbocycles. The van der Waals surface area contributed by atoms with Gasteiger partial charge in [-0.2, -0.15) is 4.31 Å². The minimum absolute atomic E-state index is 0.0406. The molecule has 0 atom stereocenters. The van der Waals surface area contributed by atoms with Crippen LogP contribution in [0.5, 0.6) is 5.75 Å². The quantitative estimate of drug-likeness (QED) is 0.727. The fourth-order valence-electron chi connectivity index (χ4n) is 1.68. The van der Waals surface area contributed by atoms with Crippen molar-refractivity contribution in [1.29, 1.82) is 0 Å². The summed E-state index contributed by atoms with van der Waals surface area (Å²) in [6.45, 7) is 2.66. The van der Waals surface area contributed by atoms with Crippen LogP contribution in [0.4, 0.5) is 0 Å². The van der Waals surface area contributed by atoms with E-state index < -0.39 is 10.0 Å². The van der Waals surface area contributed by atoms with Crippen LogP contribution in [0.25, 0.3) is 0 Å². The van der Waals surface area contributed by atoms with Crippen molar-refractivity contribution in [2.75, 3.05) is 40.0 Å². The first-order valence-electron chi connectivity index (χ1n) is 6.39. The van der Waals surface area contributed by atoms with Crippen molar-refractivity contribution in [2.24, 2.45) is 0 Å². The Labute approximate surface area is 120 Å². The van der Waals surface area contributed by atoms with Crippen molar-refractivity contribution in [3.63, 3.8) is 0 Å². The van der Waals surface area contributed by atoms with Crippen LogP contribution in [0.1, 0.15) is 6.92 Å². The van der Waals surface area contributed by atoms with Gasteiger partial charge in [-0.15, -0.1) is 0 Å². The Morgan fingerprint density at radius 3 is 2.35 bits per heavy atom. The first-order valence-corrected chi connectivity index (χ1v) is 7.83. The van der Waals surface area contributed by atoms with Gasteiger partial charge in [-0.3, -0.25) is 0 Å². The highest BCUT2D eigenvalue weighted by Crippen LogP contribution is 2.19. The van der Waals surface area contributed by atoms with Crippen LogP contribution < -0.4 is 4.74 Å². The number of hydrogen-bond donors (Lipinski definition) is 1. The predicted molar refractivity (Wildman–Crippen MR) is 75.3 cm³/mol.